The van der Waals surface area contributed by atoms with Crippen LogP contribution in [0.15, 0.2) is 425 Å². The van der Waals surface area contributed by atoms with Crippen LogP contribution in [0.1, 0.15) is 45.2 Å². The number of rotatable bonds is 4. The standard InChI is InChI=1S/2C16H13N.2C15H12N2.4C14H11N/c1-12-11-15(13-7-3-2-4-8-13)14-9-5-6-10-16(14)17-12;1-12-11-16(13-7-3-2-4-8-13)17-15-10-6-5-9-14(12)15;1-11-16-14-10-6-5-9-13(14)15(17-11)12-7-3-2-4-8-12;1-11-13-9-5-6-10-14(13)17-15(16-11)12-7-3-2-4-8-12;1-10-11-6-2-3-7-12(11)13-8-4-5-9-14(13)15-10;1-10-6-7-11-9-15-14-5-3-2-4-12(14)13(11)8-10;1-10-6-7-14-13(8-10)12-5-3-2-4-11(12)9-15-14;1-10-6-7-13-12-5-3-2-4-11(12)9-15-14(13)8-10/h2*2-11H,1H3;2*2-10H,1H3;4*2-9H,1H3. The fourth-order valence-electron chi connectivity index (χ4n) is 16.2. The van der Waals surface area contributed by atoms with Crippen LogP contribution >= 0.6 is 0 Å². The lowest BCUT2D eigenvalue weighted by atomic mass is 10.0. The zero-order valence-corrected chi connectivity index (χ0v) is 72.9. The highest BCUT2D eigenvalue weighted by Gasteiger charge is 2.13. The van der Waals surface area contributed by atoms with E-state index in [1.165, 1.54) is 114 Å². The van der Waals surface area contributed by atoms with Gasteiger partial charge in [-0.25, -0.2) is 24.9 Å². The van der Waals surface area contributed by atoms with Crippen LogP contribution in [0, 0.1) is 55.4 Å². The van der Waals surface area contributed by atoms with E-state index in [-0.39, 0.29) is 0 Å². The normalized spacial score (nSPS) is 10.8. The molecule has 0 aliphatic heterocycles. The summed E-state index contributed by atoms with van der Waals surface area (Å²) in [5.74, 6) is 1.60. The molecular weight excluding hydrogens is 1560 g/mol. The molecule has 0 saturated carbocycles. The molecule has 8 heterocycles. The van der Waals surface area contributed by atoms with Gasteiger partial charge >= 0.3 is 0 Å². The van der Waals surface area contributed by atoms with Gasteiger partial charge in [0, 0.05) is 117 Å². The maximum Gasteiger partial charge on any atom is 0.160 e. The van der Waals surface area contributed by atoms with Gasteiger partial charge in [-0.05, 0) is 166 Å². The number of aromatic nitrogens is 10. The highest BCUT2D eigenvalue weighted by atomic mass is 14.9. The van der Waals surface area contributed by atoms with Gasteiger partial charge in [0.2, 0.25) is 0 Å². The molecule has 0 aliphatic carbocycles. The van der Waals surface area contributed by atoms with Gasteiger partial charge in [-0.2, -0.15) is 0 Å². The Morgan fingerprint density at radius 3 is 1.20 bits per heavy atom. The Morgan fingerprint density at radius 1 is 0.188 bits per heavy atom. The van der Waals surface area contributed by atoms with Gasteiger partial charge in [-0.1, -0.05) is 351 Å². The van der Waals surface area contributed by atoms with E-state index in [0.29, 0.717) is 0 Å². The number of benzene rings is 16. The summed E-state index contributed by atoms with van der Waals surface area (Å²) in [5, 5.41) is 19.6. The van der Waals surface area contributed by atoms with Gasteiger partial charge in [-0.15, -0.1) is 0 Å². The van der Waals surface area contributed by atoms with Crippen molar-refractivity contribution in [3.63, 3.8) is 0 Å². The molecule has 8 aromatic heterocycles. The maximum absolute atomic E-state index is 4.71. The molecule has 0 bridgehead atoms. The molecule has 0 unspecified atom stereocenters. The van der Waals surface area contributed by atoms with Crippen LogP contribution in [0.3, 0.4) is 0 Å². The second kappa shape index (κ2) is 39.5. The first-order valence-corrected chi connectivity index (χ1v) is 43.1. The minimum absolute atomic E-state index is 0.793. The number of hydrogen-bond donors (Lipinski definition) is 0. The Labute approximate surface area is 745 Å². The highest BCUT2D eigenvalue weighted by Crippen LogP contribution is 2.34. The Bertz CT molecular complexity index is 7660. The number of pyridine rings is 6. The molecule has 16 aromatic carbocycles. The molecular formula is C118H94N10. The van der Waals surface area contributed by atoms with Crippen LogP contribution in [0.2, 0.25) is 0 Å². The van der Waals surface area contributed by atoms with Crippen molar-refractivity contribution < 1.29 is 0 Å². The predicted molar refractivity (Wildman–Crippen MR) is 539 cm³/mol. The molecule has 0 N–H and O–H groups in total. The van der Waals surface area contributed by atoms with Crippen LogP contribution in [0.4, 0.5) is 0 Å². The second-order valence-corrected chi connectivity index (χ2v) is 31.8. The molecule has 0 amide bonds. The van der Waals surface area contributed by atoms with Crippen molar-refractivity contribution in [3.05, 3.63) is 470 Å². The summed E-state index contributed by atoms with van der Waals surface area (Å²) in [6.07, 6.45) is 5.82. The van der Waals surface area contributed by atoms with Gasteiger partial charge in [0.25, 0.3) is 0 Å². The van der Waals surface area contributed by atoms with E-state index >= 15 is 0 Å². The third kappa shape index (κ3) is 19.7. The zero-order chi connectivity index (χ0) is 87.7. The fourth-order valence-corrected chi connectivity index (χ4v) is 16.2. The highest BCUT2D eigenvalue weighted by molar-refractivity contribution is 6.09. The molecule has 0 atom stereocenters. The first kappa shape index (κ1) is 83.9. The summed E-state index contributed by atoms with van der Waals surface area (Å²) in [6.45, 7) is 16.5. The van der Waals surface area contributed by atoms with Gasteiger partial charge in [0.15, 0.2) is 5.82 Å². The van der Waals surface area contributed by atoms with Crippen LogP contribution in [-0.4, -0.2) is 49.8 Å². The summed E-state index contributed by atoms with van der Waals surface area (Å²) in [7, 11) is 0. The molecule has 24 aromatic rings. The molecule has 0 radical (unpaired) electrons. The monoisotopic (exact) mass is 1650 g/mol. The van der Waals surface area contributed by atoms with E-state index in [4.69, 9.17) is 4.98 Å². The smallest absolute Gasteiger partial charge is 0.160 e. The van der Waals surface area contributed by atoms with Gasteiger partial charge in [0.1, 0.15) is 5.82 Å². The van der Waals surface area contributed by atoms with Crippen molar-refractivity contribution in [3.8, 4) is 45.0 Å². The first-order valence-electron chi connectivity index (χ1n) is 43.1. The average molecular weight is 1650 g/mol. The minimum atomic E-state index is 0.793. The third-order valence-electron chi connectivity index (χ3n) is 22.5. The van der Waals surface area contributed by atoms with Crippen molar-refractivity contribution in [1.29, 1.82) is 0 Å². The molecule has 128 heavy (non-hydrogen) atoms. The van der Waals surface area contributed by atoms with Crippen LogP contribution < -0.4 is 0 Å². The molecule has 0 aliphatic rings. The van der Waals surface area contributed by atoms with E-state index in [2.05, 4.69) is 340 Å². The molecule has 0 spiro atoms. The SMILES string of the molecule is Cc1cc(-c2ccccc2)c2ccccc2n1.Cc1cc(-c2ccccc2)nc2ccccc12.Cc1ccc2c(c1)ncc1ccccc12.Cc1ccc2cnc3ccccc3c2c1.Cc1ccc2ncc3ccccc3c2c1.Cc1nc(-c2ccccc2)c2ccccc2n1.Cc1nc(-c2ccccc2)nc2ccccc12.Cc1nc2ccccc2c2ccccc12. The average Bonchev–Trinajstić information content (AvgIpc) is 0.746. The number of hydrogen-bond acceptors (Lipinski definition) is 10. The molecule has 10 nitrogen and oxygen atoms in total. The van der Waals surface area contributed by atoms with Crippen molar-refractivity contribution in [2.45, 2.75) is 55.4 Å². The van der Waals surface area contributed by atoms with Crippen LogP contribution in [0.25, 0.3) is 175 Å². The van der Waals surface area contributed by atoms with E-state index in [1.54, 1.807) is 0 Å². The summed E-state index contributed by atoms with van der Waals surface area (Å²) < 4.78 is 0. The minimum Gasteiger partial charge on any atom is -0.256 e. The van der Waals surface area contributed by atoms with Crippen LogP contribution in [-0.2, 0) is 0 Å². The quantitative estimate of drug-likeness (QED) is 0.157. The van der Waals surface area contributed by atoms with E-state index in [0.717, 1.165) is 106 Å². The Kier molecular flexibility index (Phi) is 25.9. The summed E-state index contributed by atoms with van der Waals surface area (Å²) >= 11 is 0. The zero-order valence-electron chi connectivity index (χ0n) is 72.9. The number of para-hydroxylation sites is 6. The van der Waals surface area contributed by atoms with Gasteiger partial charge in [0.05, 0.1) is 55.5 Å². The largest absolute Gasteiger partial charge is 0.256 e. The van der Waals surface area contributed by atoms with E-state index in [1.807, 2.05) is 185 Å². The maximum atomic E-state index is 4.71. The van der Waals surface area contributed by atoms with Crippen molar-refractivity contribution in [2.75, 3.05) is 0 Å². The lowest BCUT2D eigenvalue weighted by molar-refractivity contribution is 1.10. The van der Waals surface area contributed by atoms with Crippen LogP contribution in [0.5, 0.6) is 0 Å². The molecule has 10 heteroatoms. The number of nitrogens with zero attached hydrogens (tertiary/aromatic N) is 10. The van der Waals surface area contributed by atoms with Crippen molar-refractivity contribution in [2.24, 2.45) is 0 Å². The summed E-state index contributed by atoms with van der Waals surface area (Å²) in [5.41, 5.74) is 24.6. The van der Waals surface area contributed by atoms with Gasteiger partial charge in [-0.3, -0.25) is 24.9 Å². The fraction of sp³-hybridized carbons (Fsp3) is 0.0678. The topological polar surface area (TPSA) is 129 Å². The molecule has 24 rings (SSSR count). The third-order valence-corrected chi connectivity index (χ3v) is 22.5. The van der Waals surface area contributed by atoms with Gasteiger partial charge < -0.3 is 0 Å². The summed E-state index contributed by atoms with van der Waals surface area (Å²) in [4.78, 5) is 45.4. The summed E-state index contributed by atoms with van der Waals surface area (Å²) in [6, 6.07) is 139. The van der Waals surface area contributed by atoms with Crippen molar-refractivity contribution >= 4 is 130 Å². The molecule has 0 fully saturated rings. The first-order chi connectivity index (χ1) is 62.8. The number of fused-ring (bicyclic) bond motifs is 16. The van der Waals surface area contributed by atoms with Crippen molar-refractivity contribution in [1.82, 2.24) is 49.8 Å². The lowest BCUT2D eigenvalue weighted by Gasteiger charge is -2.07. The molecule has 0 saturated heterocycles. The lowest BCUT2D eigenvalue weighted by Crippen LogP contribution is -1.93. The Hall–Kier alpha value is -16.3. The Balaban J connectivity index is 0.000000103. The van der Waals surface area contributed by atoms with E-state index in [9.17, 15) is 0 Å². The Morgan fingerprint density at radius 2 is 0.578 bits per heavy atom. The number of aryl methyl sites for hydroxylation is 8. The molecule has 616 valence electrons. The predicted octanol–water partition coefficient (Wildman–Crippen LogP) is 30.4. The van der Waals surface area contributed by atoms with E-state index < -0.39 is 0 Å². The second-order valence-electron chi connectivity index (χ2n) is 31.8.